The first-order chi connectivity index (χ1) is 8.22. The van der Waals surface area contributed by atoms with E-state index in [9.17, 15) is 4.79 Å². The summed E-state index contributed by atoms with van der Waals surface area (Å²) in [5.41, 5.74) is 7.83. The van der Waals surface area contributed by atoms with Crippen LogP contribution in [0.4, 0.5) is 0 Å². The number of hydrogen-bond acceptors (Lipinski definition) is 3. The SMILES string of the molecule is NCc1ccc(CN2CC(CS)CC2=O)cc1. The molecule has 1 atom stereocenters. The lowest BCUT2D eigenvalue weighted by atomic mass is 10.1. The van der Waals surface area contributed by atoms with E-state index >= 15 is 0 Å². The molecule has 0 spiro atoms. The van der Waals surface area contributed by atoms with Crippen LogP contribution in [0.25, 0.3) is 0 Å². The van der Waals surface area contributed by atoms with Crippen LogP contribution in [0.3, 0.4) is 0 Å². The van der Waals surface area contributed by atoms with E-state index in [0.717, 1.165) is 23.4 Å². The van der Waals surface area contributed by atoms with Crippen molar-refractivity contribution in [3.05, 3.63) is 35.4 Å². The second kappa shape index (κ2) is 5.56. The summed E-state index contributed by atoms with van der Waals surface area (Å²) >= 11 is 4.26. The van der Waals surface area contributed by atoms with E-state index in [0.29, 0.717) is 25.4 Å². The van der Waals surface area contributed by atoms with Crippen LogP contribution in [0.2, 0.25) is 0 Å². The van der Waals surface area contributed by atoms with E-state index in [-0.39, 0.29) is 5.91 Å². The topological polar surface area (TPSA) is 46.3 Å². The van der Waals surface area contributed by atoms with Crippen LogP contribution in [0.5, 0.6) is 0 Å². The second-order valence-electron chi connectivity index (χ2n) is 4.55. The minimum atomic E-state index is 0.243. The predicted octanol–water partition coefficient (Wildman–Crippen LogP) is 1.42. The van der Waals surface area contributed by atoms with Gasteiger partial charge in [-0.1, -0.05) is 24.3 Å². The monoisotopic (exact) mass is 250 g/mol. The van der Waals surface area contributed by atoms with Gasteiger partial charge in [-0.05, 0) is 22.8 Å². The zero-order valence-corrected chi connectivity index (χ0v) is 10.7. The summed E-state index contributed by atoms with van der Waals surface area (Å²) in [6, 6.07) is 8.13. The molecular formula is C13H18N2OS. The highest BCUT2D eigenvalue weighted by Crippen LogP contribution is 2.21. The van der Waals surface area contributed by atoms with E-state index < -0.39 is 0 Å². The minimum Gasteiger partial charge on any atom is -0.338 e. The number of nitrogens with two attached hydrogens (primary N) is 1. The number of carbonyl (C=O) groups excluding carboxylic acids is 1. The van der Waals surface area contributed by atoms with Crippen molar-refractivity contribution < 1.29 is 4.79 Å². The molecule has 0 aromatic heterocycles. The Morgan fingerprint density at radius 3 is 2.47 bits per heavy atom. The lowest BCUT2D eigenvalue weighted by Gasteiger charge is -2.16. The van der Waals surface area contributed by atoms with E-state index in [1.54, 1.807) is 0 Å². The summed E-state index contributed by atoms with van der Waals surface area (Å²) in [7, 11) is 0. The Labute approximate surface area is 107 Å². The summed E-state index contributed by atoms with van der Waals surface area (Å²) in [6.07, 6.45) is 0.643. The number of nitrogens with zero attached hydrogens (tertiary/aromatic N) is 1. The molecule has 2 rings (SSSR count). The van der Waals surface area contributed by atoms with Crippen LogP contribution in [-0.2, 0) is 17.9 Å². The second-order valence-corrected chi connectivity index (χ2v) is 4.91. The maximum absolute atomic E-state index is 11.7. The molecule has 1 aliphatic rings. The van der Waals surface area contributed by atoms with Gasteiger partial charge in [-0.2, -0.15) is 12.6 Å². The van der Waals surface area contributed by atoms with Crippen LogP contribution >= 0.6 is 12.6 Å². The molecule has 0 bridgehead atoms. The van der Waals surface area contributed by atoms with Crippen molar-refractivity contribution in [2.24, 2.45) is 11.7 Å². The quantitative estimate of drug-likeness (QED) is 0.794. The molecular weight excluding hydrogens is 232 g/mol. The summed E-state index contributed by atoms with van der Waals surface area (Å²) in [5.74, 6) is 1.44. The van der Waals surface area contributed by atoms with Crippen LogP contribution in [0, 0.1) is 5.92 Å². The zero-order chi connectivity index (χ0) is 12.3. The van der Waals surface area contributed by atoms with Gasteiger partial charge < -0.3 is 10.6 Å². The fourth-order valence-corrected chi connectivity index (χ4v) is 2.37. The van der Waals surface area contributed by atoms with Gasteiger partial charge in [0.25, 0.3) is 0 Å². The van der Waals surface area contributed by atoms with Crippen molar-refractivity contribution in [1.82, 2.24) is 4.90 Å². The van der Waals surface area contributed by atoms with Crippen molar-refractivity contribution in [3.63, 3.8) is 0 Å². The third-order valence-electron chi connectivity index (χ3n) is 3.18. The van der Waals surface area contributed by atoms with Gasteiger partial charge in [-0.25, -0.2) is 0 Å². The third-order valence-corrected chi connectivity index (χ3v) is 3.70. The molecule has 1 amide bonds. The van der Waals surface area contributed by atoms with E-state index in [1.165, 1.54) is 0 Å². The molecule has 17 heavy (non-hydrogen) atoms. The molecule has 1 unspecified atom stereocenters. The molecule has 1 saturated heterocycles. The average Bonchev–Trinajstić information content (AvgIpc) is 2.71. The number of thiol groups is 1. The Kier molecular flexibility index (Phi) is 4.07. The van der Waals surface area contributed by atoms with Gasteiger partial charge >= 0.3 is 0 Å². The van der Waals surface area contributed by atoms with Gasteiger partial charge in [0.2, 0.25) is 5.91 Å². The lowest BCUT2D eigenvalue weighted by Crippen LogP contribution is -2.24. The Morgan fingerprint density at radius 2 is 1.94 bits per heavy atom. The molecule has 3 nitrogen and oxygen atoms in total. The highest BCUT2D eigenvalue weighted by Gasteiger charge is 2.28. The standard InChI is InChI=1S/C13H18N2OS/c14-6-10-1-3-11(4-2-10)7-15-8-12(9-17)5-13(15)16/h1-4,12,17H,5-9,14H2. The fourth-order valence-electron chi connectivity index (χ4n) is 2.13. The number of hydrogen-bond donors (Lipinski definition) is 2. The molecule has 0 saturated carbocycles. The highest BCUT2D eigenvalue weighted by molar-refractivity contribution is 7.80. The number of carbonyl (C=O) groups is 1. The third kappa shape index (κ3) is 3.01. The van der Waals surface area contributed by atoms with Crippen LogP contribution < -0.4 is 5.73 Å². The van der Waals surface area contributed by atoms with Crippen molar-refractivity contribution in [2.45, 2.75) is 19.5 Å². The van der Waals surface area contributed by atoms with Crippen molar-refractivity contribution in [1.29, 1.82) is 0 Å². The molecule has 1 fully saturated rings. The first-order valence-electron chi connectivity index (χ1n) is 5.89. The molecule has 1 aliphatic heterocycles. The van der Waals surface area contributed by atoms with E-state index in [2.05, 4.69) is 12.6 Å². The number of rotatable bonds is 4. The number of likely N-dealkylation sites (tertiary alicyclic amines) is 1. The van der Waals surface area contributed by atoms with Gasteiger partial charge in [0, 0.05) is 26.1 Å². The fraction of sp³-hybridized carbons (Fsp3) is 0.462. The van der Waals surface area contributed by atoms with Gasteiger partial charge in [0.1, 0.15) is 0 Å². The van der Waals surface area contributed by atoms with E-state index in [1.807, 2.05) is 29.2 Å². The first kappa shape index (κ1) is 12.5. The molecule has 92 valence electrons. The summed E-state index contributed by atoms with van der Waals surface area (Å²) in [5, 5.41) is 0. The normalized spacial score (nSPS) is 20.0. The van der Waals surface area contributed by atoms with Gasteiger partial charge in [-0.3, -0.25) is 4.79 Å². The molecule has 1 aromatic carbocycles. The van der Waals surface area contributed by atoms with Crippen molar-refractivity contribution in [3.8, 4) is 0 Å². The molecule has 4 heteroatoms. The summed E-state index contributed by atoms with van der Waals surface area (Å²) in [6.45, 7) is 2.10. The Hall–Kier alpha value is -1.00. The maximum atomic E-state index is 11.7. The Bertz CT molecular complexity index is 391. The highest BCUT2D eigenvalue weighted by atomic mass is 32.1. The largest absolute Gasteiger partial charge is 0.338 e. The van der Waals surface area contributed by atoms with Crippen molar-refractivity contribution >= 4 is 18.5 Å². The van der Waals surface area contributed by atoms with Crippen LogP contribution in [0.1, 0.15) is 17.5 Å². The maximum Gasteiger partial charge on any atom is 0.223 e. The Morgan fingerprint density at radius 1 is 1.29 bits per heavy atom. The average molecular weight is 250 g/mol. The van der Waals surface area contributed by atoms with E-state index in [4.69, 9.17) is 5.73 Å². The minimum absolute atomic E-state index is 0.243. The van der Waals surface area contributed by atoms with Crippen LogP contribution in [-0.4, -0.2) is 23.1 Å². The smallest absolute Gasteiger partial charge is 0.223 e. The van der Waals surface area contributed by atoms with Gasteiger partial charge in [-0.15, -0.1) is 0 Å². The first-order valence-corrected chi connectivity index (χ1v) is 6.52. The molecule has 1 heterocycles. The molecule has 0 aliphatic carbocycles. The molecule has 2 N–H and O–H groups in total. The summed E-state index contributed by atoms with van der Waals surface area (Å²) in [4.78, 5) is 13.7. The lowest BCUT2D eigenvalue weighted by molar-refractivity contribution is -0.128. The van der Waals surface area contributed by atoms with Gasteiger partial charge in [0.15, 0.2) is 0 Å². The van der Waals surface area contributed by atoms with Gasteiger partial charge in [0.05, 0.1) is 0 Å². The zero-order valence-electron chi connectivity index (χ0n) is 9.80. The molecule has 0 radical (unpaired) electrons. The molecule has 1 aromatic rings. The number of amides is 1. The van der Waals surface area contributed by atoms with Crippen molar-refractivity contribution in [2.75, 3.05) is 12.3 Å². The summed E-state index contributed by atoms with van der Waals surface area (Å²) < 4.78 is 0. The Balaban J connectivity index is 1.98. The van der Waals surface area contributed by atoms with Crippen LogP contribution in [0.15, 0.2) is 24.3 Å². The predicted molar refractivity (Wildman–Crippen MR) is 71.7 cm³/mol. The number of benzene rings is 1.